The lowest BCUT2D eigenvalue weighted by Gasteiger charge is -2.12. The fourth-order valence-electron chi connectivity index (χ4n) is 1.92. The van der Waals surface area contributed by atoms with E-state index in [1.165, 1.54) is 23.4 Å². The molecule has 0 bridgehead atoms. The van der Waals surface area contributed by atoms with Crippen molar-refractivity contribution >= 4 is 14.1 Å². The van der Waals surface area contributed by atoms with Crippen LogP contribution in [0, 0.1) is 11.8 Å². The van der Waals surface area contributed by atoms with E-state index in [1.54, 1.807) is 0 Å². The zero-order valence-corrected chi connectivity index (χ0v) is 11.9. The summed E-state index contributed by atoms with van der Waals surface area (Å²) < 4.78 is 0. The van der Waals surface area contributed by atoms with Crippen molar-refractivity contribution in [3.8, 4) is 0 Å². The predicted molar refractivity (Wildman–Crippen MR) is 69.1 cm³/mol. The lowest BCUT2D eigenvalue weighted by atomic mass is 10.3. The highest BCUT2D eigenvalue weighted by Gasteiger charge is 2.16. The van der Waals surface area contributed by atoms with Crippen molar-refractivity contribution in [3.05, 3.63) is 11.0 Å². The maximum Gasteiger partial charge on any atom is 0.294 e. The first-order chi connectivity index (χ1) is 6.56. The van der Waals surface area contributed by atoms with Crippen LogP contribution in [0.4, 0.5) is 0 Å². The SMILES string of the molecule is CCC/C=[CH]/[Al]([CH2]C(C)C)[CH2]C(C)C. The van der Waals surface area contributed by atoms with Gasteiger partial charge in [-0.3, -0.25) is 0 Å². The van der Waals surface area contributed by atoms with Crippen LogP contribution < -0.4 is 0 Å². The molecule has 0 aromatic heterocycles. The minimum atomic E-state index is -0.562. The summed E-state index contributed by atoms with van der Waals surface area (Å²) in [6.45, 7) is 11.7. The second-order valence-corrected chi connectivity index (χ2v) is 8.08. The van der Waals surface area contributed by atoms with E-state index in [2.05, 4.69) is 45.6 Å². The van der Waals surface area contributed by atoms with Gasteiger partial charge in [-0.1, -0.05) is 63.4 Å². The molecule has 0 saturated heterocycles. The Hall–Kier alpha value is 0.272. The smallest absolute Gasteiger partial charge is 0.148 e. The van der Waals surface area contributed by atoms with Gasteiger partial charge in [0.15, 0.2) is 0 Å². The molecule has 1 heteroatoms. The Bertz CT molecular complexity index is 137. The molecule has 0 spiro atoms. The first kappa shape index (κ1) is 14.3. The summed E-state index contributed by atoms with van der Waals surface area (Å²) in [6.07, 6.45) is 5.00. The number of unbranched alkanes of at least 4 members (excludes halogenated alkanes) is 1. The molecule has 82 valence electrons. The largest absolute Gasteiger partial charge is 0.294 e. The summed E-state index contributed by atoms with van der Waals surface area (Å²) in [5.41, 5.74) is 0. The fourth-order valence-corrected chi connectivity index (χ4v) is 5.43. The number of hydrogen-bond acceptors (Lipinski definition) is 0. The zero-order valence-electron chi connectivity index (χ0n) is 10.7. The van der Waals surface area contributed by atoms with Crippen molar-refractivity contribution in [2.45, 2.75) is 58.0 Å². The van der Waals surface area contributed by atoms with Gasteiger partial charge in [-0.2, -0.15) is 0 Å². The number of hydrogen-bond donors (Lipinski definition) is 0. The molecule has 0 heterocycles. The third-order valence-corrected chi connectivity index (χ3v) is 6.33. The molecule has 0 aliphatic rings. The molecule has 0 aromatic rings. The van der Waals surface area contributed by atoms with Crippen LogP contribution in [-0.2, 0) is 0 Å². The van der Waals surface area contributed by atoms with Crippen molar-refractivity contribution < 1.29 is 0 Å². The second-order valence-electron chi connectivity index (χ2n) is 5.24. The van der Waals surface area contributed by atoms with Gasteiger partial charge in [-0.15, -0.1) is 11.0 Å². The summed E-state index contributed by atoms with van der Waals surface area (Å²) in [4.78, 5) is 2.59. The van der Waals surface area contributed by atoms with Gasteiger partial charge in [0.25, 0.3) is 14.1 Å². The highest BCUT2D eigenvalue weighted by Crippen LogP contribution is 2.15. The molecule has 0 radical (unpaired) electrons. The molecule has 14 heavy (non-hydrogen) atoms. The van der Waals surface area contributed by atoms with Crippen molar-refractivity contribution in [2.24, 2.45) is 11.8 Å². The summed E-state index contributed by atoms with van der Waals surface area (Å²) >= 11 is -0.562. The lowest BCUT2D eigenvalue weighted by molar-refractivity contribution is 0.694. The second kappa shape index (κ2) is 8.57. The van der Waals surface area contributed by atoms with Crippen LogP contribution in [0.3, 0.4) is 0 Å². The van der Waals surface area contributed by atoms with Crippen molar-refractivity contribution in [1.29, 1.82) is 0 Å². The first-order valence-electron chi connectivity index (χ1n) is 6.22. The molecule has 0 aliphatic carbocycles. The molecule has 0 aromatic carbocycles. The third kappa shape index (κ3) is 8.85. The lowest BCUT2D eigenvalue weighted by Crippen LogP contribution is -2.15. The molecule has 0 nitrogen and oxygen atoms in total. The van der Waals surface area contributed by atoms with Crippen LogP contribution >= 0.6 is 0 Å². The summed E-state index contributed by atoms with van der Waals surface area (Å²) in [7, 11) is 0. The average Bonchev–Trinajstić information content (AvgIpc) is 2.02. The maximum atomic E-state index is 2.59. The van der Waals surface area contributed by atoms with E-state index in [0.29, 0.717) is 0 Å². The Labute approximate surface area is 95.2 Å². The van der Waals surface area contributed by atoms with Gasteiger partial charge in [0.05, 0.1) is 0 Å². The Kier molecular flexibility index (Phi) is 8.74. The van der Waals surface area contributed by atoms with Crippen LogP contribution in [0.5, 0.6) is 0 Å². The molecule has 0 N–H and O–H groups in total. The Morgan fingerprint density at radius 3 is 1.86 bits per heavy atom. The van der Waals surface area contributed by atoms with Gasteiger partial charge in [-0.25, -0.2) is 0 Å². The van der Waals surface area contributed by atoms with E-state index in [1.807, 2.05) is 0 Å². The molecular formula is C13H27Al. The molecular weight excluding hydrogens is 183 g/mol. The van der Waals surface area contributed by atoms with Crippen LogP contribution in [-0.4, -0.2) is 14.1 Å². The number of rotatable bonds is 7. The van der Waals surface area contributed by atoms with E-state index in [4.69, 9.17) is 0 Å². The topological polar surface area (TPSA) is 0 Å². The molecule has 0 unspecified atom stereocenters. The summed E-state index contributed by atoms with van der Waals surface area (Å²) in [6, 6.07) is 0. The van der Waals surface area contributed by atoms with E-state index in [9.17, 15) is 0 Å². The standard InChI is InChI=1S/C5H9.2C4H9.Al/c1-3-5-4-2;2*1-4(2)3;/h1,3H,4-5H2,2H3;2*4H,1H2,2-3H3;. The minimum Gasteiger partial charge on any atom is -0.148 e. The van der Waals surface area contributed by atoms with Crippen LogP contribution in [0.15, 0.2) is 11.0 Å². The van der Waals surface area contributed by atoms with E-state index < -0.39 is 14.1 Å². The first-order valence-corrected chi connectivity index (χ1v) is 8.52. The average molecular weight is 210 g/mol. The third-order valence-electron chi connectivity index (χ3n) is 2.41. The van der Waals surface area contributed by atoms with E-state index in [-0.39, 0.29) is 0 Å². The normalized spacial score (nSPS) is 11.9. The minimum absolute atomic E-state index is 0.562. The quantitative estimate of drug-likeness (QED) is 0.535. The predicted octanol–water partition coefficient (Wildman–Crippen LogP) is 4.69. The van der Waals surface area contributed by atoms with Gasteiger partial charge in [0, 0.05) is 0 Å². The van der Waals surface area contributed by atoms with Gasteiger partial charge < -0.3 is 0 Å². The highest BCUT2D eigenvalue weighted by atomic mass is 27.2. The zero-order chi connectivity index (χ0) is 11.0. The van der Waals surface area contributed by atoms with Crippen molar-refractivity contribution in [2.75, 3.05) is 0 Å². The maximum absolute atomic E-state index is 2.59. The Morgan fingerprint density at radius 1 is 1.00 bits per heavy atom. The fraction of sp³-hybridized carbons (Fsp3) is 0.846. The molecule has 0 fully saturated rings. The van der Waals surface area contributed by atoms with Crippen molar-refractivity contribution in [1.82, 2.24) is 0 Å². The molecule has 0 aliphatic heterocycles. The van der Waals surface area contributed by atoms with Gasteiger partial charge in [0.1, 0.15) is 0 Å². The monoisotopic (exact) mass is 210 g/mol. The Balaban J connectivity index is 3.96. The van der Waals surface area contributed by atoms with E-state index in [0.717, 1.165) is 11.8 Å². The summed E-state index contributed by atoms with van der Waals surface area (Å²) in [5, 5.41) is 2.97. The van der Waals surface area contributed by atoms with E-state index >= 15 is 0 Å². The molecule has 0 rings (SSSR count). The van der Waals surface area contributed by atoms with Gasteiger partial charge in [0.2, 0.25) is 0 Å². The summed E-state index contributed by atoms with van der Waals surface area (Å²) in [5.74, 6) is 1.77. The van der Waals surface area contributed by atoms with Crippen LogP contribution in [0.1, 0.15) is 47.5 Å². The van der Waals surface area contributed by atoms with Gasteiger partial charge >= 0.3 is 0 Å². The molecule has 0 atom stereocenters. The van der Waals surface area contributed by atoms with Gasteiger partial charge in [-0.05, 0) is 6.42 Å². The molecule has 0 amide bonds. The van der Waals surface area contributed by atoms with Crippen molar-refractivity contribution in [3.63, 3.8) is 0 Å². The highest BCUT2D eigenvalue weighted by molar-refractivity contribution is 6.64. The Morgan fingerprint density at radius 2 is 1.50 bits per heavy atom. The molecule has 0 saturated carbocycles. The van der Waals surface area contributed by atoms with Crippen LogP contribution in [0.2, 0.25) is 10.6 Å². The van der Waals surface area contributed by atoms with Crippen LogP contribution in [0.25, 0.3) is 0 Å². The number of allylic oxidation sites excluding steroid dienone is 1.